The van der Waals surface area contributed by atoms with E-state index in [1.54, 1.807) is 16.2 Å². The molecule has 0 N–H and O–H groups in total. The molecule has 1 aromatic heterocycles. The van der Waals surface area contributed by atoms with E-state index in [-0.39, 0.29) is 5.91 Å². The largest absolute Gasteiger partial charge is 0.337 e. The highest BCUT2D eigenvalue weighted by atomic mass is 32.1. The molecule has 2 nitrogen and oxygen atoms in total. The molecule has 0 bridgehead atoms. The Balaban J connectivity index is 1.80. The fraction of sp³-hybridized carbons (Fsp3) is 0.118. The third kappa shape index (κ3) is 2.58. The normalized spacial score (nSPS) is 10.7. The van der Waals surface area contributed by atoms with E-state index in [1.165, 1.54) is 10.8 Å². The van der Waals surface area contributed by atoms with Crippen LogP contribution in [0.3, 0.4) is 0 Å². The van der Waals surface area contributed by atoms with E-state index in [2.05, 4.69) is 30.3 Å². The Labute approximate surface area is 122 Å². The van der Waals surface area contributed by atoms with Gasteiger partial charge in [0.2, 0.25) is 0 Å². The van der Waals surface area contributed by atoms with Crippen molar-refractivity contribution in [2.24, 2.45) is 0 Å². The summed E-state index contributed by atoms with van der Waals surface area (Å²) in [5.41, 5.74) is 1.91. The molecule has 0 atom stereocenters. The topological polar surface area (TPSA) is 20.3 Å². The highest BCUT2D eigenvalue weighted by molar-refractivity contribution is 7.08. The number of amides is 1. The Morgan fingerprint density at radius 1 is 1.10 bits per heavy atom. The number of thiophene rings is 1. The van der Waals surface area contributed by atoms with Gasteiger partial charge in [0.05, 0.1) is 5.56 Å². The Hall–Kier alpha value is -2.13. The molecule has 20 heavy (non-hydrogen) atoms. The summed E-state index contributed by atoms with van der Waals surface area (Å²) < 4.78 is 0. The van der Waals surface area contributed by atoms with Crippen LogP contribution in [-0.4, -0.2) is 17.9 Å². The first-order valence-corrected chi connectivity index (χ1v) is 7.44. The zero-order valence-corrected chi connectivity index (χ0v) is 12.1. The standard InChI is InChI=1S/C17H15NOS/c1-18(17(19)16-8-9-20-12-16)11-13-6-7-14-4-2-3-5-15(14)10-13/h2-10,12H,11H2,1H3. The zero-order valence-electron chi connectivity index (χ0n) is 11.2. The molecule has 0 saturated heterocycles. The summed E-state index contributed by atoms with van der Waals surface area (Å²) >= 11 is 1.55. The summed E-state index contributed by atoms with van der Waals surface area (Å²) in [6, 6.07) is 16.5. The molecule has 2 aromatic carbocycles. The minimum Gasteiger partial charge on any atom is -0.337 e. The summed E-state index contributed by atoms with van der Waals surface area (Å²) in [4.78, 5) is 14.0. The van der Waals surface area contributed by atoms with Crippen LogP contribution in [0.4, 0.5) is 0 Å². The first-order valence-electron chi connectivity index (χ1n) is 6.49. The fourth-order valence-corrected chi connectivity index (χ4v) is 2.92. The maximum absolute atomic E-state index is 12.2. The van der Waals surface area contributed by atoms with Gasteiger partial charge in [-0.05, 0) is 33.8 Å². The molecule has 3 aromatic rings. The molecule has 3 rings (SSSR count). The van der Waals surface area contributed by atoms with Crippen LogP contribution in [-0.2, 0) is 6.54 Å². The summed E-state index contributed by atoms with van der Waals surface area (Å²) in [6.07, 6.45) is 0. The number of carbonyl (C=O) groups is 1. The number of carbonyl (C=O) groups excluding carboxylic acids is 1. The maximum atomic E-state index is 12.2. The van der Waals surface area contributed by atoms with Crippen molar-refractivity contribution in [3.8, 4) is 0 Å². The second-order valence-electron chi connectivity index (χ2n) is 4.85. The van der Waals surface area contributed by atoms with Gasteiger partial charge in [0.25, 0.3) is 5.91 Å². The van der Waals surface area contributed by atoms with E-state index in [0.717, 1.165) is 11.1 Å². The van der Waals surface area contributed by atoms with E-state index >= 15 is 0 Å². The number of hydrogen-bond donors (Lipinski definition) is 0. The van der Waals surface area contributed by atoms with Gasteiger partial charge < -0.3 is 4.90 Å². The second kappa shape index (κ2) is 5.47. The first-order chi connectivity index (χ1) is 9.74. The SMILES string of the molecule is CN(Cc1ccc2ccccc2c1)C(=O)c1ccsc1. The van der Waals surface area contributed by atoms with Gasteiger partial charge in [-0.2, -0.15) is 11.3 Å². The molecule has 100 valence electrons. The predicted molar refractivity (Wildman–Crippen MR) is 84.1 cm³/mol. The fourth-order valence-electron chi connectivity index (χ4n) is 2.29. The number of nitrogens with zero attached hydrogens (tertiary/aromatic N) is 1. The van der Waals surface area contributed by atoms with Gasteiger partial charge in [0.15, 0.2) is 0 Å². The van der Waals surface area contributed by atoms with Crippen LogP contribution >= 0.6 is 11.3 Å². The number of rotatable bonds is 3. The Kier molecular flexibility index (Phi) is 3.52. The minimum absolute atomic E-state index is 0.0689. The van der Waals surface area contributed by atoms with Crippen molar-refractivity contribution in [2.45, 2.75) is 6.54 Å². The Morgan fingerprint density at radius 3 is 2.65 bits per heavy atom. The lowest BCUT2D eigenvalue weighted by Crippen LogP contribution is -2.25. The number of benzene rings is 2. The highest BCUT2D eigenvalue weighted by Crippen LogP contribution is 2.17. The molecule has 0 aliphatic heterocycles. The van der Waals surface area contributed by atoms with Crippen LogP contribution in [0.25, 0.3) is 10.8 Å². The van der Waals surface area contributed by atoms with Crippen LogP contribution in [0, 0.1) is 0 Å². The van der Waals surface area contributed by atoms with Gasteiger partial charge >= 0.3 is 0 Å². The Bertz CT molecular complexity index is 734. The first kappa shape index (κ1) is 12.9. The van der Waals surface area contributed by atoms with E-state index in [9.17, 15) is 4.79 Å². The van der Waals surface area contributed by atoms with Crippen molar-refractivity contribution >= 4 is 28.0 Å². The third-order valence-corrected chi connectivity index (χ3v) is 4.03. The molecule has 3 heteroatoms. The molecule has 0 radical (unpaired) electrons. The molecule has 1 heterocycles. The van der Waals surface area contributed by atoms with E-state index in [0.29, 0.717) is 6.54 Å². The lowest BCUT2D eigenvalue weighted by Gasteiger charge is -2.17. The van der Waals surface area contributed by atoms with Gasteiger partial charge in [0, 0.05) is 19.0 Å². The van der Waals surface area contributed by atoms with Crippen LogP contribution in [0.2, 0.25) is 0 Å². The van der Waals surface area contributed by atoms with Crippen molar-refractivity contribution < 1.29 is 4.79 Å². The molecule has 0 saturated carbocycles. The average molecular weight is 281 g/mol. The van der Waals surface area contributed by atoms with Gasteiger partial charge in [0.1, 0.15) is 0 Å². The van der Waals surface area contributed by atoms with Gasteiger partial charge in [-0.3, -0.25) is 4.79 Å². The van der Waals surface area contributed by atoms with E-state index in [1.807, 2.05) is 36.0 Å². The van der Waals surface area contributed by atoms with E-state index in [4.69, 9.17) is 0 Å². The molecule has 0 spiro atoms. The number of hydrogen-bond acceptors (Lipinski definition) is 2. The monoisotopic (exact) mass is 281 g/mol. The highest BCUT2D eigenvalue weighted by Gasteiger charge is 2.12. The lowest BCUT2D eigenvalue weighted by molar-refractivity contribution is 0.0785. The quantitative estimate of drug-likeness (QED) is 0.705. The molecule has 0 aliphatic rings. The van der Waals surface area contributed by atoms with Crippen LogP contribution in [0.15, 0.2) is 59.3 Å². The van der Waals surface area contributed by atoms with Crippen LogP contribution in [0.1, 0.15) is 15.9 Å². The zero-order chi connectivity index (χ0) is 13.9. The summed E-state index contributed by atoms with van der Waals surface area (Å²) in [7, 11) is 1.84. The van der Waals surface area contributed by atoms with Crippen molar-refractivity contribution in [2.75, 3.05) is 7.05 Å². The minimum atomic E-state index is 0.0689. The van der Waals surface area contributed by atoms with Gasteiger partial charge in [-0.1, -0.05) is 36.4 Å². The smallest absolute Gasteiger partial charge is 0.254 e. The number of fused-ring (bicyclic) bond motifs is 1. The summed E-state index contributed by atoms with van der Waals surface area (Å²) in [5, 5.41) is 6.25. The van der Waals surface area contributed by atoms with Gasteiger partial charge in [-0.15, -0.1) is 0 Å². The molecule has 0 unspecified atom stereocenters. The van der Waals surface area contributed by atoms with Gasteiger partial charge in [-0.25, -0.2) is 0 Å². The third-order valence-electron chi connectivity index (χ3n) is 3.35. The Morgan fingerprint density at radius 2 is 1.90 bits per heavy atom. The average Bonchev–Trinajstić information content (AvgIpc) is 3.00. The summed E-state index contributed by atoms with van der Waals surface area (Å²) in [6.45, 7) is 0.625. The van der Waals surface area contributed by atoms with Crippen molar-refractivity contribution in [3.05, 3.63) is 70.4 Å². The summed E-state index contributed by atoms with van der Waals surface area (Å²) in [5.74, 6) is 0.0689. The lowest BCUT2D eigenvalue weighted by atomic mass is 10.1. The molecular formula is C17H15NOS. The maximum Gasteiger partial charge on any atom is 0.254 e. The van der Waals surface area contributed by atoms with Crippen molar-refractivity contribution in [1.29, 1.82) is 0 Å². The van der Waals surface area contributed by atoms with Crippen LogP contribution in [0.5, 0.6) is 0 Å². The van der Waals surface area contributed by atoms with Crippen LogP contribution < -0.4 is 0 Å². The molecule has 0 fully saturated rings. The van der Waals surface area contributed by atoms with E-state index < -0.39 is 0 Å². The predicted octanol–water partition coefficient (Wildman–Crippen LogP) is 4.17. The molecule has 1 amide bonds. The van der Waals surface area contributed by atoms with Crippen molar-refractivity contribution in [1.82, 2.24) is 4.90 Å². The second-order valence-corrected chi connectivity index (χ2v) is 5.63. The van der Waals surface area contributed by atoms with Crippen molar-refractivity contribution in [3.63, 3.8) is 0 Å². The molecular weight excluding hydrogens is 266 g/mol. The molecule has 0 aliphatic carbocycles.